The molecule has 8 nitrogen and oxygen atoms in total. The Hall–Kier alpha value is -3.75. The second-order valence-electron chi connectivity index (χ2n) is 6.95. The first-order chi connectivity index (χ1) is 14.6. The van der Waals surface area contributed by atoms with E-state index in [1.54, 1.807) is 12.1 Å². The highest BCUT2D eigenvalue weighted by Gasteiger charge is 2.34. The van der Waals surface area contributed by atoms with Crippen molar-refractivity contribution in [3.63, 3.8) is 0 Å². The molecule has 0 spiro atoms. The highest BCUT2D eigenvalue weighted by atomic mass is 19.1. The first-order valence-corrected chi connectivity index (χ1v) is 9.63. The molecular formula is C21H21FN6O2. The van der Waals surface area contributed by atoms with E-state index in [1.807, 2.05) is 35.2 Å². The van der Waals surface area contributed by atoms with Gasteiger partial charge in [0, 0.05) is 50.2 Å². The van der Waals surface area contributed by atoms with E-state index in [2.05, 4.69) is 20.6 Å². The lowest BCUT2D eigenvalue weighted by Gasteiger charge is -2.16. The molecule has 1 unspecified atom stereocenters. The average molecular weight is 408 g/mol. The molecule has 0 saturated carbocycles. The highest BCUT2D eigenvalue weighted by molar-refractivity contribution is 6.00. The molecule has 1 atom stereocenters. The van der Waals surface area contributed by atoms with Gasteiger partial charge >= 0.3 is 0 Å². The van der Waals surface area contributed by atoms with Crippen LogP contribution in [-0.2, 0) is 9.59 Å². The molecule has 4 rings (SSSR count). The Morgan fingerprint density at radius 3 is 2.67 bits per heavy atom. The smallest absolute Gasteiger partial charge is 0.227 e. The second kappa shape index (κ2) is 8.73. The number of aromatic nitrogens is 3. The van der Waals surface area contributed by atoms with Gasteiger partial charge in [-0.25, -0.2) is 14.4 Å². The summed E-state index contributed by atoms with van der Waals surface area (Å²) in [6.07, 6.45) is 5.40. The largest absolute Gasteiger partial charge is 0.368 e. The van der Waals surface area contributed by atoms with E-state index >= 15 is 0 Å². The van der Waals surface area contributed by atoms with Crippen molar-refractivity contribution in [1.82, 2.24) is 19.9 Å². The van der Waals surface area contributed by atoms with Crippen LogP contribution in [0.4, 0.5) is 15.9 Å². The SMILES string of the molecule is O=C(NCCNc1cc(-n2cccc2)ncn1)C1CC(=O)N(c2ccc(F)cc2)C1. The Balaban J connectivity index is 1.25. The van der Waals surface area contributed by atoms with Crippen molar-refractivity contribution in [2.75, 3.05) is 29.9 Å². The molecule has 0 aliphatic carbocycles. The van der Waals surface area contributed by atoms with Crippen LogP contribution in [0.5, 0.6) is 0 Å². The average Bonchev–Trinajstić information content (AvgIpc) is 3.42. The first-order valence-electron chi connectivity index (χ1n) is 9.63. The fraction of sp³-hybridized carbons (Fsp3) is 0.238. The molecule has 1 aliphatic heterocycles. The minimum absolute atomic E-state index is 0.140. The predicted molar refractivity (Wildman–Crippen MR) is 110 cm³/mol. The van der Waals surface area contributed by atoms with Gasteiger partial charge in [0.25, 0.3) is 0 Å². The van der Waals surface area contributed by atoms with Crippen molar-refractivity contribution in [1.29, 1.82) is 0 Å². The molecule has 1 saturated heterocycles. The van der Waals surface area contributed by atoms with Gasteiger partial charge in [0.15, 0.2) is 0 Å². The number of nitrogens with one attached hydrogen (secondary N) is 2. The number of halogens is 1. The Kier molecular flexibility index (Phi) is 5.69. The molecule has 0 bridgehead atoms. The molecule has 154 valence electrons. The number of amides is 2. The second-order valence-corrected chi connectivity index (χ2v) is 6.95. The van der Waals surface area contributed by atoms with Crippen LogP contribution < -0.4 is 15.5 Å². The molecule has 1 aromatic carbocycles. The Morgan fingerprint density at radius 1 is 1.13 bits per heavy atom. The zero-order valence-corrected chi connectivity index (χ0v) is 16.2. The monoisotopic (exact) mass is 408 g/mol. The summed E-state index contributed by atoms with van der Waals surface area (Å²) in [6.45, 7) is 1.16. The first kappa shape index (κ1) is 19.6. The summed E-state index contributed by atoms with van der Waals surface area (Å²) >= 11 is 0. The maximum absolute atomic E-state index is 13.1. The van der Waals surface area contributed by atoms with Crippen LogP contribution in [0.15, 0.2) is 61.2 Å². The van der Waals surface area contributed by atoms with Crippen LogP contribution in [0.1, 0.15) is 6.42 Å². The van der Waals surface area contributed by atoms with Crippen LogP contribution in [-0.4, -0.2) is 46.0 Å². The molecule has 2 amide bonds. The fourth-order valence-electron chi connectivity index (χ4n) is 3.35. The standard InChI is InChI=1S/C21H21FN6O2/c22-16-3-5-17(6-4-16)28-13-15(11-20(28)29)21(30)24-8-7-23-18-12-19(26-14-25-18)27-9-1-2-10-27/h1-6,9-10,12,14-15H,7-8,11,13H2,(H,24,30)(H,23,25,26). The van der Waals surface area contributed by atoms with Crippen molar-refractivity contribution in [2.45, 2.75) is 6.42 Å². The third kappa shape index (κ3) is 4.45. The summed E-state index contributed by atoms with van der Waals surface area (Å²) in [5.41, 5.74) is 0.598. The van der Waals surface area contributed by atoms with Gasteiger partial charge in [-0.1, -0.05) is 0 Å². The molecule has 30 heavy (non-hydrogen) atoms. The summed E-state index contributed by atoms with van der Waals surface area (Å²) in [6, 6.07) is 11.3. The third-order valence-corrected chi connectivity index (χ3v) is 4.89. The molecular weight excluding hydrogens is 387 g/mol. The van der Waals surface area contributed by atoms with Crippen molar-refractivity contribution >= 4 is 23.3 Å². The minimum Gasteiger partial charge on any atom is -0.368 e. The molecule has 1 aliphatic rings. The summed E-state index contributed by atoms with van der Waals surface area (Å²) in [5, 5.41) is 6.00. The number of anilines is 2. The quantitative estimate of drug-likeness (QED) is 0.584. The van der Waals surface area contributed by atoms with Gasteiger partial charge in [-0.05, 0) is 36.4 Å². The van der Waals surface area contributed by atoms with Gasteiger partial charge in [0.1, 0.15) is 23.8 Å². The molecule has 3 heterocycles. The minimum atomic E-state index is -0.429. The number of hydrogen-bond acceptors (Lipinski definition) is 5. The van der Waals surface area contributed by atoms with E-state index in [9.17, 15) is 14.0 Å². The normalized spacial score (nSPS) is 16.0. The number of carbonyl (C=O) groups is 2. The Labute approximate surface area is 172 Å². The molecule has 1 fully saturated rings. The lowest BCUT2D eigenvalue weighted by atomic mass is 10.1. The predicted octanol–water partition coefficient (Wildman–Crippen LogP) is 1.99. The van der Waals surface area contributed by atoms with E-state index in [0.717, 1.165) is 5.82 Å². The van der Waals surface area contributed by atoms with Crippen molar-refractivity contribution in [3.05, 3.63) is 67.0 Å². The topological polar surface area (TPSA) is 92.1 Å². The zero-order chi connectivity index (χ0) is 20.9. The van der Waals surface area contributed by atoms with Crippen LogP contribution >= 0.6 is 0 Å². The Bertz CT molecular complexity index is 1020. The van der Waals surface area contributed by atoms with Crippen LogP contribution in [0.3, 0.4) is 0 Å². The lowest BCUT2D eigenvalue weighted by molar-refractivity contribution is -0.126. The fourth-order valence-corrected chi connectivity index (χ4v) is 3.35. The van der Waals surface area contributed by atoms with Gasteiger partial charge in [0.2, 0.25) is 11.8 Å². The molecule has 2 aromatic heterocycles. The number of hydrogen-bond donors (Lipinski definition) is 2. The summed E-state index contributed by atoms with van der Waals surface area (Å²) in [5.74, 6) is 0.288. The zero-order valence-electron chi connectivity index (χ0n) is 16.2. The summed E-state index contributed by atoms with van der Waals surface area (Å²) in [4.78, 5) is 34.6. The van der Waals surface area contributed by atoms with Gasteiger partial charge < -0.3 is 20.1 Å². The van der Waals surface area contributed by atoms with Crippen LogP contribution in [0.2, 0.25) is 0 Å². The van der Waals surface area contributed by atoms with Gasteiger partial charge in [0.05, 0.1) is 5.92 Å². The Morgan fingerprint density at radius 2 is 1.90 bits per heavy atom. The van der Waals surface area contributed by atoms with Crippen molar-refractivity contribution in [3.8, 4) is 5.82 Å². The molecule has 9 heteroatoms. The summed E-state index contributed by atoms with van der Waals surface area (Å²) < 4.78 is 15.0. The highest BCUT2D eigenvalue weighted by Crippen LogP contribution is 2.25. The van der Waals surface area contributed by atoms with Crippen molar-refractivity contribution < 1.29 is 14.0 Å². The van der Waals surface area contributed by atoms with Crippen molar-refractivity contribution in [2.24, 2.45) is 5.92 Å². The van der Waals surface area contributed by atoms with Crippen LogP contribution in [0, 0.1) is 11.7 Å². The van der Waals surface area contributed by atoms with E-state index < -0.39 is 5.92 Å². The number of nitrogens with zero attached hydrogens (tertiary/aromatic N) is 4. The molecule has 0 radical (unpaired) electrons. The lowest BCUT2D eigenvalue weighted by Crippen LogP contribution is -2.35. The number of rotatable bonds is 7. The summed E-state index contributed by atoms with van der Waals surface area (Å²) in [7, 11) is 0. The number of carbonyl (C=O) groups excluding carboxylic acids is 2. The van der Waals surface area contributed by atoms with Crippen LogP contribution in [0.25, 0.3) is 5.82 Å². The third-order valence-electron chi connectivity index (χ3n) is 4.89. The molecule has 3 aromatic rings. The van der Waals surface area contributed by atoms with Gasteiger partial charge in [-0.15, -0.1) is 0 Å². The van der Waals surface area contributed by atoms with Gasteiger partial charge in [-0.3, -0.25) is 9.59 Å². The van der Waals surface area contributed by atoms with E-state index in [1.165, 1.54) is 23.4 Å². The maximum atomic E-state index is 13.1. The van der Waals surface area contributed by atoms with Gasteiger partial charge in [-0.2, -0.15) is 0 Å². The maximum Gasteiger partial charge on any atom is 0.227 e. The van der Waals surface area contributed by atoms with E-state index in [-0.39, 0.29) is 30.6 Å². The van der Waals surface area contributed by atoms with E-state index in [0.29, 0.717) is 24.6 Å². The molecule has 2 N–H and O–H groups in total. The van der Waals surface area contributed by atoms with E-state index in [4.69, 9.17) is 0 Å². The number of benzene rings is 1.